The molecule has 3 heteroatoms. The van der Waals surface area contributed by atoms with Crippen molar-refractivity contribution in [3.8, 4) is 0 Å². The van der Waals surface area contributed by atoms with Crippen molar-refractivity contribution in [2.75, 3.05) is 27.2 Å². The zero-order valence-corrected chi connectivity index (χ0v) is 13.0. The van der Waals surface area contributed by atoms with Gasteiger partial charge in [-0.15, -0.1) is 0 Å². The smallest absolute Gasteiger partial charge is 0.0327 e. The van der Waals surface area contributed by atoms with Gasteiger partial charge in [-0.05, 0) is 52.2 Å². The van der Waals surface area contributed by atoms with Gasteiger partial charge >= 0.3 is 0 Å². The van der Waals surface area contributed by atoms with Gasteiger partial charge in [0.05, 0.1) is 0 Å². The molecule has 0 spiro atoms. The van der Waals surface area contributed by atoms with Crippen LogP contribution in [0.4, 0.5) is 0 Å². The summed E-state index contributed by atoms with van der Waals surface area (Å²) in [5.74, 6) is 0.705. The fourth-order valence-corrected chi connectivity index (χ4v) is 4.07. The van der Waals surface area contributed by atoms with Crippen LogP contribution in [-0.2, 0) is 0 Å². The molecule has 19 heavy (non-hydrogen) atoms. The summed E-state index contributed by atoms with van der Waals surface area (Å²) in [6, 6.07) is 0.664. The van der Waals surface area contributed by atoms with Crippen LogP contribution in [0.15, 0.2) is 0 Å². The summed E-state index contributed by atoms with van der Waals surface area (Å²) in [5, 5.41) is 3.89. The Kier molecular flexibility index (Phi) is 5.67. The van der Waals surface area contributed by atoms with Gasteiger partial charge in [0.1, 0.15) is 0 Å². The maximum atomic E-state index is 5.94. The van der Waals surface area contributed by atoms with E-state index in [2.05, 4.69) is 24.3 Å². The van der Waals surface area contributed by atoms with Crippen molar-refractivity contribution in [1.82, 2.24) is 10.2 Å². The highest BCUT2D eigenvalue weighted by molar-refractivity contribution is 4.94. The van der Waals surface area contributed by atoms with Gasteiger partial charge in [-0.3, -0.25) is 0 Å². The number of hydrogen-bond acceptors (Lipinski definition) is 3. The molecule has 2 fully saturated rings. The van der Waals surface area contributed by atoms with Gasteiger partial charge in [-0.25, -0.2) is 0 Å². The lowest BCUT2D eigenvalue weighted by Crippen LogP contribution is -2.56. The lowest BCUT2D eigenvalue weighted by atomic mass is 9.79. The van der Waals surface area contributed by atoms with E-state index >= 15 is 0 Å². The van der Waals surface area contributed by atoms with E-state index in [9.17, 15) is 0 Å². The molecule has 0 saturated heterocycles. The van der Waals surface area contributed by atoms with Gasteiger partial charge in [-0.1, -0.05) is 32.1 Å². The first-order valence-electron chi connectivity index (χ1n) is 8.29. The standard InChI is InChI=1S/C16H33N3/c1-19(2)16(10-6-3-7-11-16)13-18-15-9-5-4-8-14(15)12-17/h14-15,18H,3-13,17H2,1-2H3. The summed E-state index contributed by atoms with van der Waals surface area (Å²) in [4.78, 5) is 2.47. The predicted octanol–water partition coefficient (Wildman–Crippen LogP) is 2.36. The number of nitrogens with one attached hydrogen (secondary N) is 1. The number of rotatable bonds is 5. The average Bonchev–Trinajstić information content (AvgIpc) is 2.46. The summed E-state index contributed by atoms with van der Waals surface area (Å²) in [7, 11) is 4.52. The number of nitrogens with two attached hydrogens (primary N) is 1. The Hall–Kier alpha value is -0.120. The minimum absolute atomic E-state index is 0.398. The lowest BCUT2D eigenvalue weighted by Gasteiger charge is -2.45. The van der Waals surface area contributed by atoms with Crippen LogP contribution in [0.3, 0.4) is 0 Å². The van der Waals surface area contributed by atoms with E-state index in [4.69, 9.17) is 5.73 Å². The first-order valence-corrected chi connectivity index (χ1v) is 8.29. The van der Waals surface area contributed by atoms with Gasteiger partial charge < -0.3 is 16.0 Å². The SMILES string of the molecule is CN(C)C1(CNC2CCCCC2CN)CCCCC1. The van der Waals surface area contributed by atoms with Crippen molar-refractivity contribution in [1.29, 1.82) is 0 Å². The van der Waals surface area contributed by atoms with E-state index in [0.29, 0.717) is 17.5 Å². The summed E-state index contributed by atoms with van der Waals surface area (Å²) in [6.07, 6.45) is 12.3. The Morgan fingerprint density at radius 3 is 2.37 bits per heavy atom. The molecule has 0 radical (unpaired) electrons. The van der Waals surface area contributed by atoms with Crippen LogP contribution >= 0.6 is 0 Å². The van der Waals surface area contributed by atoms with Crippen LogP contribution in [0, 0.1) is 5.92 Å². The average molecular weight is 267 g/mol. The highest BCUT2D eigenvalue weighted by Gasteiger charge is 2.35. The molecular weight excluding hydrogens is 234 g/mol. The third-order valence-electron chi connectivity index (χ3n) is 5.64. The van der Waals surface area contributed by atoms with Gasteiger partial charge in [0.25, 0.3) is 0 Å². The third-order valence-corrected chi connectivity index (χ3v) is 5.64. The molecule has 2 atom stereocenters. The predicted molar refractivity (Wildman–Crippen MR) is 82.3 cm³/mol. The van der Waals surface area contributed by atoms with Crippen molar-refractivity contribution in [2.45, 2.75) is 69.4 Å². The number of nitrogens with zero attached hydrogens (tertiary/aromatic N) is 1. The molecule has 2 rings (SSSR count). The number of hydrogen-bond donors (Lipinski definition) is 2. The fourth-order valence-electron chi connectivity index (χ4n) is 4.07. The second-order valence-corrected chi connectivity index (χ2v) is 6.95. The molecule has 2 unspecified atom stereocenters. The molecule has 0 aromatic carbocycles. The fraction of sp³-hybridized carbons (Fsp3) is 1.00. The Balaban J connectivity index is 1.90. The second-order valence-electron chi connectivity index (χ2n) is 6.95. The van der Waals surface area contributed by atoms with Crippen LogP contribution < -0.4 is 11.1 Å². The maximum Gasteiger partial charge on any atom is 0.0327 e. The zero-order chi connectivity index (χ0) is 13.7. The van der Waals surface area contributed by atoms with Crippen molar-refractivity contribution in [3.63, 3.8) is 0 Å². The van der Waals surface area contributed by atoms with Crippen molar-refractivity contribution >= 4 is 0 Å². The van der Waals surface area contributed by atoms with Crippen LogP contribution in [0.2, 0.25) is 0 Å². The molecule has 3 N–H and O–H groups in total. The molecule has 2 saturated carbocycles. The van der Waals surface area contributed by atoms with Gasteiger partial charge in [-0.2, -0.15) is 0 Å². The second kappa shape index (κ2) is 7.05. The molecule has 0 aliphatic heterocycles. The Labute approximate surface area is 119 Å². The van der Waals surface area contributed by atoms with Gasteiger partial charge in [0.15, 0.2) is 0 Å². The molecule has 0 aromatic rings. The summed E-state index contributed by atoms with van der Waals surface area (Å²) >= 11 is 0. The molecule has 3 nitrogen and oxygen atoms in total. The zero-order valence-electron chi connectivity index (χ0n) is 13.0. The Morgan fingerprint density at radius 2 is 1.74 bits per heavy atom. The van der Waals surface area contributed by atoms with Crippen LogP contribution in [0.5, 0.6) is 0 Å². The van der Waals surface area contributed by atoms with Crippen LogP contribution in [-0.4, -0.2) is 43.7 Å². The molecule has 0 amide bonds. The van der Waals surface area contributed by atoms with E-state index in [-0.39, 0.29) is 0 Å². The topological polar surface area (TPSA) is 41.3 Å². The third kappa shape index (κ3) is 3.71. The molecule has 112 valence electrons. The minimum Gasteiger partial charge on any atom is -0.330 e. The van der Waals surface area contributed by atoms with Crippen molar-refractivity contribution < 1.29 is 0 Å². The highest BCUT2D eigenvalue weighted by atomic mass is 15.2. The van der Waals surface area contributed by atoms with E-state index in [1.807, 2.05) is 0 Å². The normalized spacial score (nSPS) is 31.6. The lowest BCUT2D eigenvalue weighted by molar-refractivity contribution is 0.0887. The molecular formula is C16H33N3. The maximum absolute atomic E-state index is 5.94. The van der Waals surface area contributed by atoms with Gasteiger partial charge in [0, 0.05) is 18.1 Å². The molecule has 0 bridgehead atoms. The van der Waals surface area contributed by atoms with Gasteiger partial charge in [0.2, 0.25) is 0 Å². The molecule has 0 aromatic heterocycles. The van der Waals surface area contributed by atoms with E-state index in [0.717, 1.165) is 13.1 Å². The van der Waals surface area contributed by atoms with E-state index in [1.54, 1.807) is 0 Å². The van der Waals surface area contributed by atoms with Crippen molar-refractivity contribution in [3.05, 3.63) is 0 Å². The molecule has 0 heterocycles. The quantitative estimate of drug-likeness (QED) is 0.803. The molecule has 2 aliphatic rings. The highest BCUT2D eigenvalue weighted by Crippen LogP contribution is 2.32. The Morgan fingerprint density at radius 1 is 1.05 bits per heavy atom. The summed E-state index contributed by atoms with van der Waals surface area (Å²) < 4.78 is 0. The van der Waals surface area contributed by atoms with E-state index in [1.165, 1.54) is 57.8 Å². The minimum atomic E-state index is 0.398. The van der Waals surface area contributed by atoms with Crippen molar-refractivity contribution in [2.24, 2.45) is 11.7 Å². The first kappa shape index (κ1) is 15.3. The van der Waals surface area contributed by atoms with E-state index < -0.39 is 0 Å². The largest absolute Gasteiger partial charge is 0.330 e. The monoisotopic (exact) mass is 267 g/mol. The Bertz CT molecular complexity index is 259. The number of likely N-dealkylation sites (N-methyl/N-ethyl adjacent to an activating group) is 1. The summed E-state index contributed by atoms with van der Waals surface area (Å²) in [5.41, 5.74) is 6.34. The van der Waals surface area contributed by atoms with Crippen LogP contribution in [0.25, 0.3) is 0 Å². The molecule has 2 aliphatic carbocycles. The summed E-state index contributed by atoms with van der Waals surface area (Å²) in [6.45, 7) is 2.01. The van der Waals surface area contributed by atoms with Crippen LogP contribution in [0.1, 0.15) is 57.8 Å². The first-order chi connectivity index (χ1) is 9.18.